The molecule has 25 heavy (non-hydrogen) atoms. The van der Waals surface area contributed by atoms with Crippen molar-refractivity contribution in [1.29, 1.82) is 0 Å². The van der Waals surface area contributed by atoms with Crippen LogP contribution in [0.4, 0.5) is 5.69 Å². The fraction of sp³-hybridized carbons (Fsp3) is 0.333. The van der Waals surface area contributed by atoms with Gasteiger partial charge in [-0.2, -0.15) is 0 Å². The van der Waals surface area contributed by atoms with Crippen molar-refractivity contribution in [2.75, 3.05) is 5.32 Å². The molecule has 0 aliphatic heterocycles. The summed E-state index contributed by atoms with van der Waals surface area (Å²) in [5.74, 6) is -0.180. The minimum absolute atomic E-state index is 0.0729. The van der Waals surface area contributed by atoms with Gasteiger partial charge in [0.2, 0.25) is 5.91 Å². The highest BCUT2D eigenvalue weighted by Gasteiger charge is 2.24. The first-order valence-electron chi connectivity index (χ1n) is 8.62. The van der Waals surface area contributed by atoms with Crippen molar-refractivity contribution in [3.8, 4) is 0 Å². The molecule has 0 bridgehead atoms. The molecule has 0 aromatic heterocycles. The highest BCUT2D eigenvalue weighted by molar-refractivity contribution is 5.98. The van der Waals surface area contributed by atoms with Crippen LogP contribution in [0.2, 0.25) is 0 Å². The Kier molecular flexibility index (Phi) is 4.62. The van der Waals surface area contributed by atoms with Gasteiger partial charge in [-0.15, -0.1) is 0 Å². The van der Waals surface area contributed by atoms with E-state index >= 15 is 0 Å². The Hall–Kier alpha value is -2.62. The molecule has 2 N–H and O–H groups in total. The summed E-state index contributed by atoms with van der Waals surface area (Å²) in [4.78, 5) is 24.7. The van der Waals surface area contributed by atoms with E-state index in [2.05, 4.69) is 22.8 Å². The minimum atomic E-state index is -0.478. The van der Waals surface area contributed by atoms with E-state index in [-0.39, 0.29) is 17.9 Å². The molecule has 0 unspecified atom stereocenters. The van der Waals surface area contributed by atoms with Gasteiger partial charge in [-0.3, -0.25) is 9.59 Å². The van der Waals surface area contributed by atoms with Gasteiger partial charge in [0.25, 0.3) is 5.91 Å². The molecule has 4 heteroatoms. The second kappa shape index (κ2) is 6.71. The average molecular weight is 336 g/mol. The van der Waals surface area contributed by atoms with Crippen LogP contribution in [0.3, 0.4) is 0 Å². The summed E-state index contributed by atoms with van der Waals surface area (Å²) in [7, 11) is 0. The number of amides is 2. The number of fused-ring (bicyclic) bond motifs is 1. The van der Waals surface area contributed by atoms with Crippen LogP contribution in [0, 0.1) is 5.41 Å². The van der Waals surface area contributed by atoms with Gasteiger partial charge in [-0.05, 0) is 42.2 Å². The predicted octanol–water partition coefficient (Wildman–Crippen LogP) is 3.57. The van der Waals surface area contributed by atoms with Crippen LogP contribution in [0.1, 0.15) is 42.3 Å². The zero-order chi connectivity index (χ0) is 18.0. The second-order valence-corrected chi connectivity index (χ2v) is 7.63. The Morgan fingerprint density at radius 1 is 0.960 bits per heavy atom. The number of carbonyl (C=O) groups excluding carboxylic acids is 2. The fourth-order valence-electron chi connectivity index (χ4n) is 2.99. The number of hydrogen-bond donors (Lipinski definition) is 2. The summed E-state index contributed by atoms with van der Waals surface area (Å²) < 4.78 is 0. The third-order valence-electron chi connectivity index (χ3n) is 4.45. The Labute approximate surface area is 148 Å². The first-order valence-corrected chi connectivity index (χ1v) is 8.62. The third-order valence-corrected chi connectivity index (χ3v) is 4.45. The monoisotopic (exact) mass is 336 g/mol. The van der Waals surface area contributed by atoms with Gasteiger partial charge in [-0.25, -0.2) is 0 Å². The molecule has 0 radical (unpaired) electrons. The van der Waals surface area contributed by atoms with E-state index in [9.17, 15) is 9.59 Å². The Morgan fingerprint density at radius 3 is 2.20 bits per heavy atom. The number of carbonyl (C=O) groups is 2. The van der Waals surface area contributed by atoms with E-state index in [1.807, 2.05) is 32.9 Å². The highest BCUT2D eigenvalue weighted by atomic mass is 16.2. The van der Waals surface area contributed by atoms with Crippen molar-refractivity contribution >= 4 is 17.5 Å². The van der Waals surface area contributed by atoms with Crippen molar-refractivity contribution in [1.82, 2.24) is 5.32 Å². The van der Waals surface area contributed by atoms with Crippen LogP contribution in [0.5, 0.6) is 0 Å². The third kappa shape index (κ3) is 4.08. The van der Waals surface area contributed by atoms with E-state index < -0.39 is 5.41 Å². The second-order valence-electron chi connectivity index (χ2n) is 7.63. The van der Waals surface area contributed by atoms with Gasteiger partial charge in [-0.1, -0.05) is 51.1 Å². The molecule has 130 valence electrons. The quantitative estimate of drug-likeness (QED) is 0.900. The van der Waals surface area contributed by atoms with Crippen molar-refractivity contribution < 1.29 is 9.59 Å². The van der Waals surface area contributed by atoms with Crippen LogP contribution < -0.4 is 10.6 Å². The minimum Gasteiger partial charge on any atom is -0.349 e. The number of rotatable bonds is 3. The van der Waals surface area contributed by atoms with Crippen LogP contribution in [0.25, 0.3) is 0 Å². The van der Waals surface area contributed by atoms with E-state index in [1.54, 1.807) is 24.3 Å². The highest BCUT2D eigenvalue weighted by Crippen LogP contribution is 2.22. The summed E-state index contributed by atoms with van der Waals surface area (Å²) in [6.07, 6.45) is 1.73. The van der Waals surface area contributed by atoms with Gasteiger partial charge in [0, 0.05) is 22.7 Å². The van der Waals surface area contributed by atoms with Crippen molar-refractivity contribution in [2.24, 2.45) is 5.41 Å². The number of benzene rings is 2. The summed E-state index contributed by atoms with van der Waals surface area (Å²) in [6, 6.07) is 15.5. The zero-order valence-electron chi connectivity index (χ0n) is 14.9. The average Bonchev–Trinajstić information content (AvgIpc) is 2.96. The van der Waals surface area contributed by atoms with Gasteiger partial charge < -0.3 is 10.6 Å². The number of hydrogen-bond acceptors (Lipinski definition) is 2. The maximum absolute atomic E-state index is 12.6. The Bertz CT molecular complexity index is 781. The first kappa shape index (κ1) is 17.2. The summed E-state index contributed by atoms with van der Waals surface area (Å²) >= 11 is 0. The van der Waals surface area contributed by atoms with E-state index in [4.69, 9.17) is 0 Å². The van der Waals surface area contributed by atoms with Crippen molar-refractivity contribution in [2.45, 2.75) is 39.7 Å². The molecule has 0 atom stereocenters. The molecule has 0 saturated carbocycles. The lowest BCUT2D eigenvalue weighted by Crippen LogP contribution is -2.35. The van der Waals surface area contributed by atoms with E-state index in [0.29, 0.717) is 11.3 Å². The maximum Gasteiger partial charge on any atom is 0.251 e. The largest absolute Gasteiger partial charge is 0.349 e. The fourth-order valence-corrected chi connectivity index (χ4v) is 2.99. The van der Waals surface area contributed by atoms with E-state index in [1.165, 1.54) is 11.1 Å². The van der Waals surface area contributed by atoms with Crippen LogP contribution in [0.15, 0.2) is 48.5 Å². The van der Waals surface area contributed by atoms with Crippen molar-refractivity contribution in [3.63, 3.8) is 0 Å². The predicted molar refractivity (Wildman–Crippen MR) is 99.6 cm³/mol. The molecule has 1 aliphatic carbocycles. The number of nitrogens with one attached hydrogen (secondary N) is 2. The molecule has 2 aromatic carbocycles. The molecule has 3 rings (SSSR count). The van der Waals surface area contributed by atoms with Gasteiger partial charge in [0.15, 0.2) is 0 Å². The number of anilines is 1. The molecule has 2 amide bonds. The van der Waals surface area contributed by atoms with Gasteiger partial charge in [0.1, 0.15) is 0 Å². The molecule has 1 aliphatic rings. The molecule has 4 nitrogen and oxygen atoms in total. The first-order chi connectivity index (χ1) is 11.8. The molecular weight excluding hydrogens is 312 g/mol. The lowest BCUT2D eigenvalue weighted by Gasteiger charge is -2.18. The summed E-state index contributed by atoms with van der Waals surface area (Å²) in [5, 5.41) is 5.97. The zero-order valence-corrected chi connectivity index (χ0v) is 14.9. The Morgan fingerprint density at radius 2 is 1.60 bits per heavy atom. The molecule has 0 spiro atoms. The maximum atomic E-state index is 12.6. The molecular formula is C21H24N2O2. The molecule has 0 heterocycles. The molecule has 0 saturated heterocycles. The lowest BCUT2D eigenvalue weighted by molar-refractivity contribution is -0.123. The summed E-state index contributed by atoms with van der Waals surface area (Å²) in [5.41, 5.74) is 3.33. The summed E-state index contributed by atoms with van der Waals surface area (Å²) in [6.45, 7) is 5.57. The van der Waals surface area contributed by atoms with Crippen LogP contribution >= 0.6 is 0 Å². The van der Waals surface area contributed by atoms with Gasteiger partial charge >= 0.3 is 0 Å². The van der Waals surface area contributed by atoms with Gasteiger partial charge in [0.05, 0.1) is 0 Å². The molecule has 2 aromatic rings. The van der Waals surface area contributed by atoms with Crippen LogP contribution in [-0.2, 0) is 17.6 Å². The Balaban J connectivity index is 1.65. The van der Waals surface area contributed by atoms with Crippen molar-refractivity contribution in [3.05, 3.63) is 65.2 Å². The standard InChI is InChI=1S/C21H24N2O2/c1-21(2,3)20(25)23-17-10-6-9-16(13-17)19(24)22-18-11-14-7-4-5-8-15(14)12-18/h4-10,13,18H,11-12H2,1-3H3,(H,22,24)(H,23,25). The lowest BCUT2D eigenvalue weighted by atomic mass is 9.95. The van der Waals surface area contributed by atoms with Crippen LogP contribution in [-0.4, -0.2) is 17.9 Å². The normalized spacial score (nSPS) is 14.0. The smallest absolute Gasteiger partial charge is 0.251 e. The molecule has 0 fully saturated rings. The topological polar surface area (TPSA) is 58.2 Å². The SMILES string of the molecule is CC(C)(C)C(=O)Nc1cccc(C(=O)NC2Cc3ccccc3C2)c1. The van der Waals surface area contributed by atoms with E-state index in [0.717, 1.165) is 12.8 Å².